The molecule has 0 spiro atoms. The molecule has 2 bridgehead atoms. The van der Waals surface area contributed by atoms with Gasteiger partial charge in [-0.2, -0.15) is 10.1 Å². The van der Waals surface area contributed by atoms with Gasteiger partial charge in [0.05, 0.1) is 35.4 Å². The van der Waals surface area contributed by atoms with Gasteiger partial charge in [0.2, 0.25) is 11.8 Å². The van der Waals surface area contributed by atoms with Crippen LogP contribution >= 0.6 is 0 Å². The minimum absolute atomic E-state index is 0.309. The summed E-state index contributed by atoms with van der Waals surface area (Å²) < 4.78 is 7.99. The van der Waals surface area contributed by atoms with E-state index in [0.717, 1.165) is 67.1 Å². The Labute approximate surface area is 235 Å². The normalized spacial score (nSPS) is 20.2. The highest BCUT2D eigenvalue weighted by Crippen LogP contribution is 2.43. The number of hydrogen-bond acceptors (Lipinski definition) is 8. The Morgan fingerprint density at radius 1 is 1.15 bits per heavy atom. The number of pyridine rings is 1. The molecule has 1 aliphatic carbocycles. The van der Waals surface area contributed by atoms with Gasteiger partial charge in [-0.15, -0.1) is 0 Å². The number of fused-ring (bicyclic) bond motifs is 7. The second-order valence-corrected chi connectivity index (χ2v) is 11.1. The van der Waals surface area contributed by atoms with Gasteiger partial charge in [0.15, 0.2) is 0 Å². The third-order valence-corrected chi connectivity index (χ3v) is 7.98. The summed E-state index contributed by atoms with van der Waals surface area (Å²) in [6.45, 7) is 4.86. The first kappa shape index (κ1) is 26.3. The number of carbonyl (C=O) groups excluding carboxylic acids is 1. The SMILES string of the molecule is Cc1cc2cc(n1)-c1cnn(C)c1OCCC[C@@H](C1CC1)CN1/C(=N/C2=O)Nc2cc(NCCCCN)ccc21. The molecule has 4 heterocycles. The van der Waals surface area contributed by atoms with Crippen LogP contribution in [0.15, 0.2) is 41.5 Å². The molecule has 1 amide bonds. The molecule has 3 aliphatic rings. The number of ether oxygens (including phenoxy) is 1. The van der Waals surface area contributed by atoms with E-state index in [1.807, 2.05) is 14.0 Å². The maximum absolute atomic E-state index is 13.6. The Bertz CT molecular complexity index is 1430. The summed E-state index contributed by atoms with van der Waals surface area (Å²) >= 11 is 0. The van der Waals surface area contributed by atoms with E-state index in [9.17, 15) is 4.79 Å². The first-order valence-electron chi connectivity index (χ1n) is 14.4. The summed E-state index contributed by atoms with van der Waals surface area (Å²) in [4.78, 5) is 25.2. The number of rotatable bonds is 6. The molecule has 1 aromatic carbocycles. The molecule has 210 valence electrons. The van der Waals surface area contributed by atoms with Crippen molar-refractivity contribution in [2.24, 2.45) is 29.6 Å². The number of benzene rings is 1. The fourth-order valence-corrected chi connectivity index (χ4v) is 5.72. The van der Waals surface area contributed by atoms with Crippen molar-refractivity contribution < 1.29 is 9.53 Å². The Morgan fingerprint density at radius 2 is 2.02 bits per heavy atom. The molecule has 3 aromatic rings. The number of nitrogens with two attached hydrogens (primary N) is 1. The van der Waals surface area contributed by atoms with E-state index in [-0.39, 0.29) is 5.91 Å². The number of hydrogen-bond donors (Lipinski definition) is 3. The van der Waals surface area contributed by atoms with Gasteiger partial charge in [0, 0.05) is 37.1 Å². The lowest BCUT2D eigenvalue weighted by atomic mass is 9.97. The number of nitrogens with zero attached hydrogens (tertiary/aromatic N) is 5. The fraction of sp³-hybridized carbons (Fsp3) is 0.467. The summed E-state index contributed by atoms with van der Waals surface area (Å²) in [6.07, 6.45) is 8.24. The van der Waals surface area contributed by atoms with Crippen molar-refractivity contribution in [3.05, 3.63) is 47.8 Å². The largest absolute Gasteiger partial charge is 0.477 e. The van der Waals surface area contributed by atoms with Gasteiger partial charge in [-0.1, -0.05) is 0 Å². The third-order valence-electron chi connectivity index (χ3n) is 7.98. The van der Waals surface area contributed by atoms with Crippen LogP contribution in [0.2, 0.25) is 0 Å². The van der Waals surface area contributed by atoms with Gasteiger partial charge < -0.3 is 26.0 Å². The minimum Gasteiger partial charge on any atom is -0.477 e. The molecule has 40 heavy (non-hydrogen) atoms. The van der Waals surface area contributed by atoms with Crippen LogP contribution in [0, 0.1) is 18.8 Å². The highest BCUT2D eigenvalue weighted by Gasteiger charge is 2.36. The highest BCUT2D eigenvalue weighted by molar-refractivity contribution is 6.19. The van der Waals surface area contributed by atoms with Gasteiger partial charge in [0.25, 0.3) is 5.91 Å². The number of amides is 1. The quantitative estimate of drug-likeness (QED) is 0.387. The average Bonchev–Trinajstić information content (AvgIpc) is 3.65. The van der Waals surface area contributed by atoms with E-state index < -0.39 is 0 Å². The molecule has 10 heteroatoms. The number of aromatic nitrogens is 3. The summed E-state index contributed by atoms with van der Waals surface area (Å²) in [6, 6.07) is 9.90. The van der Waals surface area contributed by atoms with Crippen LogP contribution in [-0.4, -0.2) is 52.9 Å². The van der Waals surface area contributed by atoms with Crippen LogP contribution in [0.3, 0.4) is 0 Å². The number of nitrogens with one attached hydrogen (secondary N) is 2. The number of aryl methyl sites for hydroxylation is 2. The van der Waals surface area contributed by atoms with E-state index in [4.69, 9.17) is 15.5 Å². The van der Waals surface area contributed by atoms with Crippen LogP contribution in [0.25, 0.3) is 11.3 Å². The second kappa shape index (κ2) is 11.3. The molecule has 0 unspecified atom stereocenters. The molecule has 2 aliphatic heterocycles. The van der Waals surface area contributed by atoms with Crippen molar-refractivity contribution in [1.29, 1.82) is 0 Å². The topological polar surface area (TPSA) is 123 Å². The van der Waals surface area contributed by atoms with Crippen molar-refractivity contribution in [1.82, 2.24) is 14.8 Å². The van der Waals surface area contributed by atoms with Gasteiger partial charge >= 0.3 is 0 Å². The Balaban J connectivity index is 1.36. The summed E-state index contributed by atoms with van der Waals surface area (Å²) in [5.41, 5.74) is 11.3. The van der Waals surface area contributed by atoms with Gasteiger partial charge in [-0.05, 0) is 94.2 Å². The first-order valence-corrected chi connectivity index (χ1v) is 14.4. The van der Waals surface area contributed by atoms with E-state index in [0.29, 0.717) is 48.1 Å². The standard InChI is InChI=1S/C30H38N8O2/c1-19-14-22-15-25(34-19)24-17-33-37(2)29(24)40-13-5-6-21(20-7-8-20)18-38-27-10-9-23(32-12-4-3-11-31)16-26(27)35-30(38)36-28(22)39/h9-10,14-17,20-21,32H,3-8,11-13,18,31H2,1-2H3,(H,35,36,39)/t21-/m1/s1. The summed E-state index contributed by atoms with van der Waals surface area (Å²) in [5.74, 6) is 2.11. The molecule has 10 nitrogen and oxygen atoms in total. The third kappa shape index (κ3) is 5.54. The van der Waals surface area contributed by atoms with Crippen LogP contribution in [0.1, 0.15) is 54.6 Å². The van der Waals surface area contributed by atoms with Gasteiger partial charge in [-0.3, -0.25) is 9.78 Å². The van der Waals surface area contributed by atoms with Crippen LogP contribution in [0.4, 0.5) is 17.1 Å². The van der Waals surface area contributed by atoms with Crippen molar-refractivity contribution >= 4 is 28.9 Å². The molecule has 1 atom stereocenters. The molecule has 0 radical (unpaired) electrons. The molecular formula is C30H38N8O2. The number of unbranched alkanes of at least 4 members (excludes halogenated alkanes) is 1. The number of anilines is 3. The molecule has 1 saturated carbocycles. The predicted octanol–water partition coefficient (Wildman–Crippen LogP) is 4.57. The van der Waals surface area contributed by atoms with Crippen molar-refractivity contribution in [2.75, 3.05) is 41.8 Å². The number of aliphatic imine (C=N–C) groups is 1. The molecule has 6 rings (SSSR count). The molecule has 4 N–H and O–H groups in total. The first-order chi connectivity index (χ1) is 19.5. The Hall–Kier alpha value is -3.92. The maximum Gasteiger partial charge on any atom is 0.280 e. The van der Waals surface area contributed by atoms with Crippen molar-refractivity contribution in [3.8, 4) is 17.1 Å². The molecule has 2 aromatic heterocycles. The number of carbonyl (C=O) groups is 1. The predicted molar refractivity (Wildman–Crippen MR) is 158 cm³/mol. The zero-order chi connectivity index (χ0) is 27.6. The highest BCUT2D eigenvalue weighted by atomic mass is 16.5. The smallest absolute Gasteiger partial charge is 0.280 e. The van der Waals surface area contributed by atoms with E-state index in [1.165, 1.54) is 12.8 Å². The maximum atomic E-state index is 13.6. The zero-order valence-electron chi connectivity index (χ0n) is 23.3. The number of guanidine groups is 1. The monoisotopic (exact) mass is 542 g/mol. The Morgan fingerprint density at radius 3 is 2.85 bits per heavy atom. The lowest BCUT2D eigenvalue weighted by Gasteiger charge is -2.25. The molecule has 0 saturated heterocycles. The fourth-order valence-electron chi connectivity index (χ4n) is 5.72. The minimum atomic E-state index is -0.309. The van der Waals surface area contributed by atoms with Crippen molar-refractivity contribution in [3.63, 3.8) is 0 Å². The van der Waals surface area contributed by atoms with E-state index in [1.54, 1.807) is 23.0 Å². The zero-order valence-corrected chi connectivity index (χ0v) is 23.3. The lowest BCUT2D eigenvalue weighted by molar-refractivity contribution is 0.100. The van der Waals surface area contributed by atoms with Gasteiger partial charge in [0.1, 0.15) is 0 Å². The molecular weight excluding hydrogens is 504 g/mol. The second-order valence-electron chi connectivity index (χ2n) is 11.1. The Kier molecular flexibility index (Phi) is 7.42. The van der Waals surface area contributed by atoms with Crippen LogP contribution < -0.4 is 26.0 Å². The van der Waals surface area contributed by atoms with Gasteiger partial charge in [-0.25, -0.2) is 4.68 Å². The molecule has 1 fully saturated rings. The average molecular weight is 543 g/mol. The van der Waals surface area contributed by atoms with Crippen molar-refractivity contribution in [2.45, 2.75) is 45.4 Å². The van der Waals surface area contributed by atoms with E-state index >= 15 is 0 Å². The van der Waals surface area contributed by atoms with E-state index in [2.05, 4.69) is 43.8 Å². The van der Waals surface area contributed by atoms with Crippen LogP contribution in [0.5, 0.6) is 5.88 Å². The van der Waals surface area contributed by atoms with Crippen LogP contribution in [-0.2, 0) is 7.05 Å². The summed E-state index contributed by atoms with van der Waals surface area (Å²) in [7, 11) is 1.87. The lowest BCUT2D eigenvalue weighted by Crippen LogP contribution is -2.36. The summed E-state index contributed by atoms with van der Waals surface area (Å²) in [5, 5.41) is 11.4.